The van der Waals surface area contributed by atoms with Gasteiger partial charge >= 0.3 is 5.97 Å². The van der Waals surface area contributed by atoms with Gasteiger partial charge in [0, 0.05) is 22.8 Å². The molecule has 1 amide bonds. The van der Waals surface area contributed by atoms with Crippen LogP contribution in [0.4, 0.5) is 5.69 Å². The van der Waals surface area contributed by atoms with Crippen molar-refractivity contribution in [1.82, 2.24) is 9.38 Å². The fourth-order valence-corrected chi connectivity index (χ4v) is 3.90. The summed E-state index contributed by atoms with van der Waals surface area (Å²) in [6, 6.07) is 16.7. The SMILES string of the molecule is Cc1cn2c(=O)cc(COC(=O)c3ccc(NC(=O)C(C)Oc4ccccc4)cc3)nc2s1. The van der Waals surface area contributed by atoms with Crippen molar-refractivity contribution in [2.24, 2.45) is 0 Å². The van der Waals surface area contributed by atoms with Crippen LogP contribution in [0.25, 0.3) is 4.96 Å². The summed E-state index contributed by atoms with van der Waals surface area (Å²) in [4.78, 5) is 42.8. The predicted molar refractivity (Wildman–Crippen MR) is 125 cm³/mol. The number of hydrogen-bond donors (Lipinski definition) is 1. The molecule has 2 aromatic carbocycles. The minimum absolute atomic E-state index is 0.117. The monoisotopic (exact) mass is 463 g/mol. The molecule has 1 unspecified atom stereocenters. The van der Waals surface area contributed by atoms with Gasteiger partial charge in [0.25, 0.3) is 11.5 Å². The number of amides is 1. The Morgan fingerprint density at radius 1 is 1.12 bits per heavy atom. The van der Waals surface area contributed by atoms with E-state index >= 15 is 0 Å². The summed E-state index contributed by atoms with van der Waals surface area (Å²) in [5.74, 6) is -0.271. The first kappa shape index (κ1) is 22.2. The predicted octanol–water partition coefficient (Wildman–Crippen LogP) is 3.83. The molecule has 8 nitrogen and oxygen atoms in total. The molecular weight excluding hydrogens is 442 g/mol. The Bertz CT molecular complexity index is 1350. The zero-order valence-corrected chi connectivity index (χ0v) is 18.8. The molecule has 0 aliphatic rings. The molecule has 1 atom stereocenters. The zero-order chi connectivity index (χ0) is 23.4. The minimum atomic E-state index is -0.696. The van der Waals surface area contributed by atoms with E-state index in [2.05, 4.69) is 10.3 Å². The molecule has 0 saturated heterocycles. The summed E-state index contributed by atoms with van der Waals surface area (Å²) >= 11 is 1.39. The van der Waals surface area contributed by atoms with E-state index in [1.54, 1.807) is 49.5 Å². The van der Waals surface area contributed by atoms with E-state index in [0.717, 1.165) is 4.88 Å². The molecule has 0 bridgehead atoms. The average molecular weight is 464 g/mol. The lowest BCUT2D eigenvalue weighted by atomic mass is 10.2. The molecule has 0 fully saturated rings. The summed E-state index contributed by atoms with van der Waals surface area (Å²) in [5, 5.41) is 2.75. The largest absolute Gasteiger partial charge is 0.481 e. The number of hydrogen-bond acceptors (Lipinski definition) is 7. The lowest BCUT2D eigenvalue weighted by Gasteiger charge is -2.14. The van der Waals surface area contributed by atoms with E-state index in [-0.39, 0.29) is 18.1 Å². The minimum Gasteiger partial charge on any atom is -0.481 e. The maximum atomic E-state index is 12.4. The number of carbonyl (C=O) groups is 2. The molecule has 4 rings (SSSR count). The fraction of sp³-hybridized carbons (Fsp3) is 0.167. The molecule has 0 aliphatic carbocycles. The van der Waals surface area contributed by atoms with E-state index in [9.17, 15) is 14.4 Å². The number of carbonyl (C=O) groups excluding carboxylic acids is 2. The van der Waals surface area contributed by atoms with Crippen molar-refractivity contribution in [1.29, 1.82) is 0 Å². The van der Waals surface area contributed by atoms with Crippen LogP contribution in [0.15, 0.2) is 71.7 Å². The van der Waals surface area contributed by atoms with Gasteiger partial charge in [-0.1, -0.05) is 18.2 Å². The molecule has 9 heteroatoms. The van der Waals surface area contributed by atoms with Crippen LogP contribution >= 0.6 is 11.3 Å². The number of aryl methyl sites for hydroxylation is 1. The highest BCUT2D eigenvalue weighted by atomic mass is 32.1. The standard InChI is InChI=1S/C24H21N3O5S/c1-15-13-27-21(28)12-19(26-24(27)33-15)14-31-23(30)17-8-10-18(11-9-17)25-22(29)16(2)32-20-6-4-3-5-7-20/h3-13,16H,14H2,1-2H3,(H,25,29). The third-order valence-corrected chi connectivity index (χ3v) is 5.60. The van der Waals surface area contributed by atoms with E-state index in [1.165, 1.54) is 21.8 Å². The first-order valence-electron chi connectivity index (χ1n) is 10.2. The number of thiazole rings is 1. The van der Waals surface area contributed by atoms with Crippen LogP contribution in [-0.4, -0.2) is 27.4 Å². The van der Waals surface area contributed by atoms with Crippen LogP contribution in [-0.2, 0) is 16.1 Å². The summed E-state index contributed by atoms with van der Waals surface area (Å²) < 4.78 is 12.4. The topological polar surface area (TPSA) is 99.0 Å². The zero-order valence-electron chi connectivity index (χ0n) is 18.0. The van der Waals surface area contributed by atoms with E-state index in [0.29, 0.717) is 27.7 Å². The van der Waals surface area contributed by atoms with Crippen molar-refractivity contribution in [2.45, 2.75) is 26.6 Å². The first-order valence-corrected chi connectivity index (χ1v) is 11.0. The first-order chi connectivity index (χ1) is 15.9. The van der Waals surface area contributed by atoms with Crippen molar-refractivity contribution >= 4 is 33.9 Å². The number of fused-ring (bicyclic) bond motifs is 1. The number of para-hydroxylation sites is 1. The number of nitrogens with zero attached hydrogens (tertiary/aromatic N) is 2. The molecule has 4 aromatic rings. The van der Waals surface area contributed by atoms with Crippen LogP contribution in [0.3, 0.4) is 0 Å². The number of benzene rings is 2. The third-order valence-electron chi connectivity index (χ3n) is 4.70. The molecule has 0 aliphatic heterocycles. The number of nitrogens with one attached hydrogen (secondary N) is 1. The summed E-state index contributed by atoms with van der Waals surface area (Å²) in [6.45, 7) is 3.43. The Morgan fingerprint density at radius 3 is 2.58 bits per heavy atom. The Morgan fingerprint density at radius 2 is 1.85 bits per heavy atom. The van der Waals surface area contributed by atoms with E-state index in [4.69, 9.17) is 9.47 Å². The van der Waals surface area contributed by atoms with Crippen LogP contribution in [0, 0.1) is 6.92 Å². The van der Waals surface area contributed by atoms with Gasteiger partial charge in [0.05, 0.1) is 11.3 Å². The van der Waals surface area contributed by atoms with Crippen LogP contribution < -0.4 is 15.6 Å². The van der Waals surface area contributed by atoms with Gasteiger partial charge in [0.2, 0.25) is 0 Å². The van der Waals surface area contributed by atoms with Crippen molar-refractivity contribution in [3.8, 4) is 5.75 Å². The van der Waals surface area contributed by atoms with Crippen molar-refractivity contribution in [3.05, 3.63) is 93.3 Å². The third kappa shape index (κ3) is 5.45. The van der Waals surface area contributed by atoms with Crippen molar-refractivity contribution in [2.75, 3.05) is 5.32 Å². The van der Waals surface area contributed by atoms with Crippen LogP contribution in [0.5, 0.6) is 5.75 Å². The van der Waals surface area contributed by atoms with Gasteiger partial charge in [-0.2, -0.15) is 0 Å². The second-order valence-electron chi connectivity index (χ2n) is 7.30. The summed E-state index contributed by atoms with van der Waals surface area (Å²) in [7, 11) is 0. The Balaban J connectivity index is 1.33. The lowest BCUT2D eigenvalue weighted by Crippen LogP contribution is -2.30. The van der Waals surface area contributed by atoms with Crippen molar-refractivity contribution < 1.29 is 19.1 Å². The molecule has 0 radical (unpaired) electrons. The van der Waals surface area contributed by atoms with Gasteiger partial charge < -0.3 is 14.8 Å². The van der Waals surface area contributed by atoms with E-state index in [1.807, 2.05) is 25.1 Å². The number of anilines is 1. The molecule has 0 saturated carbocycles. The van der Waals surface area contributed by atoms with Gasteiger partial charge in [-0.25, -0.2) is 9.78 Å². The summed E-state index contributed by atoms with van der Waals surface area (Å²) in [5.41, 5.74) is 0.993. The second kappa shape index (κ2) is 9.66. The molecular formula is C24H21N3O5S. The van der Waals surface area contributed by atoms with Crippen LogP contribution in [0.1, 0.15) is 27.9 Å². The molecule has 1 N–H and O–H groups in total. The molecule has 2 heterocycles. The average Bonchev–Trinajstić information content (AvgIpc) is 3.19. The van der Waals surface area contributed by atoms with Gasteiger partial charge in [0.15, 0.2) is 11.1 Å². The smallest absolute Gasteiger partial charge is 0.338 e. The molecule has 168 valence electrons. The molecule has 33 heavy (non-hydrogen) atoms. The lowest BCUT2D eigenvalue weighted by molar-refractivity contribution is -0.122. The Hall–Kier alpha value is -3.98. The van der Waals surface area contributed by atoms with Gasteiger partial charge in [0.1, 0.15) is 12.4 Å². The van der Waals surface area contributed by atoms with Gasteiger partial charge in [-0.15, -0.1) is 11.3 Å². The number of ether oxygens (including phenoxy) is 2. The molecule has 2 aromatic heterocycles. The number of aromatic nitrogens is 2. The highest BCUT2D eigenvalue weighted by Gasteiger charge is 2.15. The molecule has 0 spiro atoms. The highest BCUT2D eigenvalue weighted by molar-refractivity contribution is 7.16. The van der Waals surface area contributed by atoms with Gasteiger partial charge in [-0.05, 0) is 50.2 Å². The second-order valence-corrected chi connectivity index (χ2v) is 8.51. The van der Waals surface area contributed by atoms with Crippen molar-refractivity contribution in [3.63, 3.8) is 0 Å². The quantitative estimate of drug-likeness (QED) is 0.418. The van der Waals surface area contributed by atoms with E-state index < -0.39 is 12.1 Å². The van der Waals surface area contributed by atoms with Crippen LogP contribution in [0.2, 0.25) is 0 Å². The normalized spacial score (nSPS) is 11.7. The Kier molecular flexibility index (Phi) is 6.50. The maximum Gasteiger partial charge on any atom is 0.338 e. The maximum absolute atomic E-state index is 12.4. The fourth-order valence-electron chi connectivity index (χ4n) is 3.05. The summed E-state index contributed by atoms with van der Waals surface area (Å²) in [6.07, 6.45) is 1.03. The number of rotatable bonds is 7. The number of esters is 1. The van der Waals surface area contributed by atoms with Gasteiger partial charge in [-0.3, -0.25) is 14.0 Å². The Labute approximate surface area is 193 Å². The highest BCUT2D eigenvalue weighted by Crippen LogP contribution is 2.16.